The number of rotatable bonds is 12. The van der Waals surface area contributed by atoms with Crippen LogP contribution in [0.3, 0.4) is 0 Å². The van der Waals surface area contributed by atoms with Crippen LogP contribution < -0.4 is 14.4 Å². The van der Waals surface area contributed by atoms with E-state index < -0.39 is 28.5 Å². The second-order valence-electron chi connectivity index (χ2n) is 9.84. The van der Waals surface area contributed by atoms with E-state index in [0.717, 1.165) is 9.87 Å². The molecule has 0 fully saturated rings. The zero-order chi connectivity index (χ0) is 30.3. The van der Waals surface area contributed by atoms with Crippen LogP contribution in [0.1, 0.15) is 38.3 Å². The van der Waals surface area contributed by atoms with Gasteiger partial charge in [0.25, 0.3) is 10.0 Å². The number of anilines is 1. The van der Waals surface area contributed by atoms with E-state index in [2.05, 4.69) is 5.32 Å². The van der Waals surface area contributed by atoms with Gasteiger partial charge in [0.15, 0.2) is 0 Å². The van der Waals surface area contributed by atoms with Crippen LogP contribution in [0.2, 0.25) is 10.0 Å². The predicted octanol–water partition coefficient (Wildman–Crippen LogP) is 5.84. The lowest BCUT2D eigenvalue weighted by molar-refractivity contribution is -0.140. The van der Waals surface area contributed by atoms with Gasteiger partial charge in [-0.1, -0.05) is 66.0 Å². The van der Waals surface area contributed by atoms with Gasteiger partial charge in [-0.3, -0.25) is 13.9 Å². The fourth-order valence-corrected chi connectivity index (χ4v) is 6.10. The van der Waals surface area contributed by atoms with Gasteiger partial charge in [-0.15, -0.1) is 0 Å². The van der Waals surface area contributed by atoms with Crippen molar-refractivity contribution in [3.8, 4) is 5.75 Å². The van der Waals surface area contributed by atoms with Gasteiger partial charge in [0, 0.05) is 22.6 Å². The number of halogens is 2. The molecule has 0 heterocycles. The molecule has 1 unspecified atom stereocenters. The zero-order valence-corrected chi connectivity index (χ0v) is 26.1. The number of amides is 2. The number of hydrogen-bond acceptors (Lipinski definition) is 5. The number of ether oxygens (including phenoxy) is 1. The minimum absolute atomic E-state index is 0.00632. The third kappa shape index (κ3) is 7.93. The Balaban J connectivity index is 2.15. The van der Waals surface area contributed by atoms with E-state index >= 15 is 0 Å². The molecule has 0 saturated heterocycles. The molecule has 0 saturated carbocycles. The van der Waals surface area contributed by atoms with Crippen LogP contribution in [0.4, 0.5) is 5.69 Å². The Morgan fingerprint density at radius 1 is 1.00 bits per heavy atom. The van der Waals surface area contributed by atoms with Gasteiger partial charge in [0.05, 0.1) is 17.7 Å². The molecule has 0 aliphatic heterocycles. The molecule has 3 aromatic rings. The van der Waals surface area contributed by atoms with Crippen LogP contribution >= 0.6 is 23.2 Å². The molecule has 0 bridgehead atoms. The van der Waals surface area contributed by atoms with Crippen molar-refractivity contribution in [1.82, 2.24) is 10.2 Å². The molecular formula is C30H35Cl2N3O5S. The third-order valence-corrected chi connectivity index (χ3v) is 8.79. The van der Waals surface area contributed by atoms with E-state index in [1.807, 2.05) is 20.8 Å². The van der Waals surface area contributed by atoms with E-state index in [0.29, 0.717) is 17.0 Å². The Labute approximate surface area is 252 Å². The van der Waals surface area contributed by atoms with Crippen LogP contribution in [-0.4, -0.2) is 50.9 Å². The fourth-order valence-electron chi connectivity index (χ4n) is 4.32. The lowest BCUT2D eigenvalue weighted by Gasteiger charge is -2.34. The molecule has 41 heavy (non-hydrogen) atoms. The molecule has 8 nitrogen and oxygen atoms in total. The largest absolute Gasteiger partial charge is 0.495 e. The van der Waals surface area contributed by atoms with Crippen molar-refractivity contribution in [3.05, 3.63) is 87.9 Å². The molecule has 1 N–H and O–H groups in total. The highest BCUT2D eigenvalue weighted by Gasteiger charge is 2.35. The quantitative estimate of drug-likeness (QED) is 0.275. The summed E-state index contributed by atoms with van der Waals surface area (Å²) >= 11 is 12.7. The first-order valence-corrected chi connectivity index (χ1v) is 15.3. The summed E-state index contributed by atoms with van der Waals surface area (Å²) in [6.07, 6.45) is 0.292. The van der Waals surface area contributed by atoms with Crippen molar-refractivity contribution in [2.75, 3.05) is 18.0 Å². The first-order chi connectivity index (χ1) is 19.4. The third-order valence-electron chi connectivity index (χ3n) is 6.41. The predicted molar refractivity (Wildman–Crippen MR) is 163 cm³/mol. The van der Waals surface area contributed by atoms with E-state index in [1.165, 1.54) is 36.3 Å². The molecule has 0 aliphatic carbocycles. The van der Waals surface area contributed by atoms with Crippen LogP contribution in [0.5, 0.6) is 5.75 Å². The molecule has 0 spiro atoms. The molecule has 220 valence electrons. The van der Waals surface area contributed by atoms with Gasteiger partial charge in [-0.25, -0.2) is 8.42 Å². The number of sulfonamides is 1. The Morgan fingerprint density at radius 3 is 2.24 bits per heavy atom. The van der Waals surface area contributed by atoms with E-state index in [9.17, 15) is 18.0 Å². The highest BCUT2D eigenvalue weighted by molar-refractivity contribution is 7.92. The monoisotopic (exact) mass is 619 g/mol. The van der Waals surface area contributed by atoms with Gasteiger partial charge in [0.2, 0.25) is 11.8 Å². The Kier molecular flexibility index (Phi) is 11.1. The van der Waals surface area contributed by atoms with Crippen molar-refractivity contribution in [2.24, 2.45) is 0 Å². The fraction of sp³-hybridized carbons (Fsp3) is 0.333. The number of hydrogen-bond donors (Lipinski definition) is 1. The van der Waals surface area contributed by atoms with Crippen LogP contribution in [0.15, 0.2) is 71.6 Å². The normalized spacial score (nSPS) is 12.1. The van der Waals surface area contributed by atoms with Crippen molar-refractivity contribution in [2.45, 2.75) is 57.6 Å². The Bertz CT molecular complexity index is 1480. The lowest BCUT2D eigenvalue weighted by Crippen LogP contribution is -2.53. The second-order valence-corrected chi connectivity index (χ2v) is 12.5. The van der Waals surface area contributed by atoms with Gasteiger partial charge in [-0.2, -0.15) is 0 Å². The van der Waals surface area contributed by atoms with Crippen LogP contribution in [0, 0.1) is 6.92 Å². The SMILES string of the molecule is CCC(C(=O)NC(C)C)N(Cc1ccccc1Cl)C(=O)CN(c1cc(Cl)ccc1OC)S(=O)(=O)c1ccc(C)cc1. The molecule has 1 atom stereocenters. The van der Waals surface area contributed by atoms with E-state index in [4.69, 9.17) is 27.9 Å². The summed E-state index contributed by atoms with van der Waals surface area (Å²) in [5, 5.41) is 3.55. The maximum atomic E-state index is 14.2. The average molecular weight is 621 g/mol. The summed E-state index contributed by atoms with van der Waals surface area (Å²) in [6.45, 7) is 6.66. The van der Waals surface area contributed by atoms with Gasteiger partial charge in [0.1, 0.15) is 18.3 Å². The summed E-state index contributed by atoms with van der Waals surface area (Å²) in [6, 6.07) is 16.8. The summed E-state index contributed by atoms with van der Waals surface area (Å²) in [5.74, 6) is -0.746. The highest BCUT2D eigenvalue weighted by Crippen LogP contribution is 2.35. The van der Waals surface area contributed by atoms with Crippen molar-refractivity contribution in [1.29, 1.82) is 0 Å². The number of aryl methyl sites for hydroxylation is 1. The van der Waals surface area contributed by atoms with E-state index in [1.54, 1.807) is 49.4 Å². The maximum Gasteiger partial charge on any atom is 0.264 e. The molecule has 0 radical (unpaired) electrons. The van der Waals surface area contributed by atoms with Gasteiger partial charge in [-0.05, 0) is 69.2 Å². The number of nitrogens with one attached hydrogen (secondary N) is 1. The molecule has 0 aliphatic rings. The molecular weight excluding hydrogens is 585 g/mol. The maximum absolute atomic E-state index is 14.2. The molecule has 3 aromatic carbocycles. The molecule has 11 heteroatoms. The topological polar surface area (TPSA) is 96.0 Å². The van der Waals surface area contributed by atoms with Crippen molar-refractivity contribution >= 4 is 50.7 Å². The number of benzene rings is 3. The number of carbonyl (C=O) groups is 2. The average Bonchev–Trinajstić information content (AvgIpc) is 2.92. The smallest absolute Gasteiger partial charge is 0.264 e. The molecule has 0 aromatic heterocycles. The number of carbonyl (C=O) groups excluding carboxylic acids is 2. The zero-order valence-electron chi connectivity index (χ0n) is 23.7. The Hall–Kier alpha value is -3.27. The first kappa shape index (κ1) is 32.2. The summed E-state index contributed by atoms with van der Waals surface area (Å²) in [5.41, 5.74) is 1.58. The number of methoxy groups -OCH3 is 1. The summed E-state index contributed by atoms with van der Waals surface area (Å²) in [4.78, 5) is 28.8. The number of nitrogens with zero attached hydrogens (tertiary/aromatic N) is 2. The summed E-state index contributed by atoms with van der Waals surface area (Å²) in [7, 11) is -2.88. The lowest BCUT2D eigenvalue weighted by atomic mass is 10.1. The molecule has 3 rings (SSSR count). The molecule has 2 amide bonds. The van der Waals surface area contributed by atoms with Crippen molar-refractivity contribution < 1.29 is 22.7 Å². The second kappa shape index (κ2) is 14.1. The van der Waals surface area contributed by atoms with Crippen molar-refractivity contribution in [3.63, 3.8) is 0 Å². The van der Waals surface area contributed by atoms with Crippen LogP contribution in [0.25, 0.3) is 0 Å². The standard InChI is InChI=1S/C30H35Cl2N3O5S/c1-6-26(30(37)33-20(2)3)34(18-22-9-7-8-10-25(22)32)29(36)19-35(27-17-23(31)13-16-28(27)40-5)41(38,39)24-14-11-21(4)12-15-24/h7-17,20,26H,6,18-19H2,1-5H3,(H,33,37). The Morgan fingerprint density at radius 2 is 1.66 bits per heavy atom. The van der Waals surface area contributed by atoms with Gasteiger partial charge < -0.3 is 15.0 Å². The highest BCUT2D eigenvalue weighted by atomic mass is 35.5. The van der Waals surface area contributed by atoms with Crippen LogP contribution in [-0.2, 0) is 26.2 Å². The van der Waals surface area contributed by atoms with Gasteiger partial charge >= 0.3 is 0 Å². The minimum Gasteiger partial charge on any atom is -0.495 e. The summed E-state index contributed by atoms with van der Waals surface area (Å²) < 4.78 is 34.6. The van der Waals surface area contributed by atoms with E-state index in [-0.39, 0.29) is 39.8 Å². The first-order valence-electron chi connectivity index (χ1n) is 13.1. The minimum atomic E-state index is -4.28.